The molecule has 0 radical (unpaired) electrons. The molecular weight excluding hydrogens is 269 g/mol. The Morgan fingerprint density at radius 2 is 2.14 bits per heavy atom. The summed E-state index contributed by atoms with van der Waals surface area (Å²) in [7, 11) is 0. The number of nitrogens with two attached hydrogens (primary N) is 1. The summed E-state index contributed by atoms with van der Waals surface area (Å²) in [6, 6.07) is 4.83. The molecule has 4 nitrogen and oxygen atoms in total. The SMILES string of the molecule is CC(C)(CCCN)NNc1ccc(F)c(OCC2CC2)c1. The fraction of sp³-hybridized carbons (Fsp3) is 0.625. The minimum atomic E-state index is -0.316. The zero-order chi connectivity index (χ0) is 15.3. The van der Waals surface area contributed by atoms with Gasteiger partial charge in [-0.2, -0.15) is 0 Å². The highest BCUT2D eigenvalue weighted by atomic mass is 19.1. The first-order valence-electron chi connectivity index (χ1n) is 7.66. The molecule has 1 saturated carbocycles. The van der Waals surface area contributed by atoms with Gasteiger partial charge in [0.2, 0.25) is 0 Å². The van der Waals surface area contributed by atoms with Gasteiger partial charge in [-0.15, -0.1) is 0 Å². The summed E-state index contributed by atoms with van der Waals surface area (Å²) < 4.78 is 19.2. The molecule has 1 aliphatic rings. The van der Waals surface area contributed by atoms with Crippen LogP contribution in [0, 0.1) is 11.7 Å². The van der Waals surface area contributed by atoms with Crippen LogP contribution in [0.15, 0.2) is 18.2 Å². The van der Waals surface area contributed by atoms with Crippen molar-refractivity contribution in [2.24, 2.45) is 11.7 Å². The lowest BCUT2D eigenvalue weighted by atomic mass is 10.00. The highest BCUT2D eigenvalue weighted by molar-refractivity contribution is 5.48. The van der Waals surface area contributed by atoms with Crippen LogP contribution in [-0.2, 0) is 0 Å². The first kappa shape index (κ1) is 16.0. The van der Waals surface area contributed by atoms with Gasteiger partial charge in [0, 0.05) is 11.6 Å². The van der Waals surface area contributed by atoms with Gasteiger partial charge in [-0.05, 0) is 64.1 Å². The molecule has 0 bridgehead atoms. The second-order valence-electron chi connectivity index (χ2n) is 6.43. The van der Waals surface area contributed by atoms with Gasteiger partial charge in [0.1, 0.15) is 0 Å². The third-order valence-electron chi connectivity index (χ3n) is 3.65. The summed E-state index contributed by atoms with van der Waals surface area (Å²) in [5.41, 5.74) is 12.6. The molecule has 0 atom stereocenters. The van der Waals surface area contributed by atoms with Crippen molar-refractivity contribution < 1.29 is 9.13 Å². The van der Waals surface area contributed by atoms with E-state index in [9.17, 15) is 4.39 Å². The molecular formula is C16H26FN3O. The smallest absolute Gasteiger partial charge is 0.165 e. The molecule has 5 heteroatoms. The monoisotopic (exact) mass is 295 g/mol. The summed E-state index contributed by atoms with van der Waals surface area (Å²) in [6.07, 6.45) is 4.30. The lowest BCUT2D eigenvalue weighted by molar-refractivity contribution is 0.285. The predicted octanol–water partition coefficient (Wildman–Crippen LogP) is 3.05. The number of halogens is 1. The molecule has 1 aromatic rings. The second kappa shape index (κ2) is 7.09. The topological polar surface area (TPSA) is 59.3 Å². The number of anilines is 1. The zero-order valence-corrected chi connectivity index (χ0v) is 12.9. The maximum atomic E-state index is 13.7. The Balaban J connectivity index is 1.88. The number of hydrogen-bond acceptors (Lipinski definition) is 4. The van der Waals surface area contributed by atoms with Crippen LogP contribution in [0.5, 0.6) is 5.75 Å². The molecule has 0 heterocycles. The average Bonchev–Trinajstić information content (AvgIpc) is 3.27. The standard InChI is InChI=1S/C16H26FN3O/c1-16(2,8-3-9-18)20-19-13-6-7-14(17)15(10-13)21-11-12-4-5-12/h6-7,10,12,19-20H,3-5,8-9,11,18H2,1-2H3. The molecule has 0 aromatic heterocycles. The normalized spacial score (nSPS) is 15.0. The first-order chi connectivity index (χ1) is 10.00. The minimum absolute atomic E-state index is 0.0806. The van der Waals surface area contributed by atoms with Crippen molar-refractivity contribution in [1.29, 1.82) is 0 Å². The van der Waals surface area contributed by atoms with E-state index < -0.39 is 0 Å². The van der Waals surface area contributed by atoms with Crippen LogP contribution in [0.3, 0.4) is 0 Å². The molecule has 2 rings (SSSR count). The van der Waals surface area contributed by atoms with Crippen molar-refractivity contribution in [3.05, 3.63) is 24.0 Å². The summed E-state index contributed by atoms with van der Waals surface area (Å²) in [4.78, 5) is 0. The highest BCUT2D eigenvalue weighted by Crippen LogP contribution is 2.30. The maximum Gasteiger partial charge on any atom is 0.165 e. The molecule has 0 unspecified atom stereocenters. The van der Waals surface area contributed by atoms with Crippen LogP contribution >= 0.6 is 0 Å². The minimum Gasteiger partial charge on any atom is -0.490 e. The van der Waals surface area contributed by atoms with Crippen molar-refractivity contribution >= 4 is 5.69 Å². The van der Waals surface area contributed by atoms with Crippen molar-refractivity contribution in [2.75, 3.05) is 18.6 Å². The molecule has 0 saturated heterocycles. The van der Waals surface area contributed by atoms with Crippen LogP contribution in [0.2, 0.25) is 0 Å². The molecule has 21 heavy (non-hydrogen) atoms. The summed E-state index contributed by atoms with van der Waals surface area (Å²) >= 11 is 0. The fourth-order valence-corrected chi connectivity index (χ4v) is 2.03. The van der Waals surface area contributed by atoms with Crippen LogP contribution in [0.1, 0.15) is 39.5 Å². The van der Waals surface area contributed by atoms with E-state index >= 15 is 0 Å². The molecule has 1 aliphatic carbocycles. The maximum absolute atomic E-state index is 13.7. The third-order valence-corrected chi connectivity index (χ3v) is 3.65. The van der Waals surface area contributed by atoms with E-state index in [-0.39, 0.29) is 11.4 Å². The van der Waals surface area contributed by atoms with Gasteiger partial charge in [0.15, 0.2) is 11.6 Å². The third kappa shape index (κ3) is 5.52. The Kier molecular flexibility index (Phi) is 5.42. The van der Waals surface area contributed by atoms with Gasteiger partial charge >= 0.3 is 0 Å². The predicted molar refractivity (Wildman–Crippen MR) is 83.7 cm³/mol. The first-order valence-corrected chi connectivity index (χ1v) is 7.66. The van der Waals surface area contributed by atoms with Gasteiger partial charge in [-0.3, -0.25) is 0 Å². The number of rotatable bonds is 9. The molecule has 1 fully saturated rings. The van der Waals surface area contributed by atoms with E-state index in [4.69, 9.17) is 10.5 Å². The number of hydrogen-bond donors (Lipinski definition) is 3. The van der Waals surface area contributed by atoms with Gasteiger partial charge in [0.25, 0.3) is 0 Å². The fourth-order valence-electron chi connectivity index (χ4n) is 2.03. The molecule has 1 aromatic carbocycles. The molecule has 0 amide bonds. The molecule has 118 valence electrons. The van der Waals surface area contributed by atoms with Crippen LogP contribution in [-0.4, -0.2) is 18.7 Å². The van der Waals surface area contributed by atoms with Gasteiger partial charge < -0.3 is 15.9 Å². The molecule has 4 N–H and O–H groups in total. The van der Waals surface area contributed by atoms with Crippen molar-refractivity contribution in [1.82, 2.24) is 5.43 Å². The van der Waals surface area contributed by atoms with E-state index in [0.717, 1.165) is 18.5 Å². The highest BCUT2D eigenvalue weighted by Gasteiger charge is 2.22. The van der Waals surface area contributed by atoms with Gasteiger partial charge in [-0.1, -0.05) is 0 Å². The summed E-state index contributed by atoms with van der Waals surface area (Å²) in [5, 5.41) is 0. The molecule has 0 spiro atoms. The van der Waals surface area contributed by atoms with Crippen LogP contribution in [0.4, 0.5) is 10.1 Å². The Morgan fingerprint density at radius 1 is 1.38 bits per heavy atom. The Bertz CT molecular complexity index is 461. The number of nitrogens with one attached hydrogen (secondary N) is 2. The number of hydrazine groups is 1. The van der Waals surface area contributed by atoms with Gasteiger partial charge in [-0.25, -0.2) is 9.82 Å². The lowest BCUT2D eigenvalue weighted by Gasteiger charge is -2.27. The second-order valence-corrected chi connectivity index (χ2v) is 6.43. The Labute approximate surface area is 126 Å². The number of benzene rings is 1. The van der Waals surface area contributed by atoms with Crippen molar-refractivity contribution in [3.8, 4) is 5.75 Å². The molecule has 0 aliphatic heterocycles. The van der Waals surface area contributed by atoms with Crippen molar-refractivity contribution in [2.45, 2.75) is 45.1 Å². The summed E-state index contributed by atoms with van der Waals surface area (Å²) in [5.74, 6) is 0.603. The van der Waals surface area contributed by atoms with E-state index in [0.29, 0.717) is 24.8 Å². The zero-order valence-electron chi connectivity index (χ0n) is 12.9. The van der Waals surface area contributed by atoms with E-state index in [1.807, 2.05) is 0 Å². The van der Waals surface area contributed by atoms with E-state index in [1.54, 1.807) is 12.1 Å². The Morgan fingerprint density at radius 3 is 2.81 bits per heavy atom. The Hall–Kier alpha value is -1.33. The summed E-state index contributed by atoms with van der Waals surface area (Å²) in [6.45, 7) is 5.49. The lowest BCUT2D eigenvalue weighted by Crippen LogP contribution is -2.43. The number of ether oxygens (including phenoxy) is 1. The van der Waals surface area contributed by atoms with Crippen molar-refractivity contribution in [3.63, 3.8) is 0 Å². The average molecular weight is 295 g/mol. The van der Waals surface area contributed by atoms with Gasteiger partial charge in [0.05, 0.1) is 12.3 Å². The van der Waals surface area contributed by atoms with Crippen LogP contribution in [0.25, 0.3) is 0 Å². The largest absolute Gasteiger partial charge is 0.490 e. The quantitative estimate of drug-likeness (QED) is 0.613. The van der Waals surface area contributed by atoms with Crippen LogP contribution < -0.4 is 21.3 Å². The van der Waals surface area contributed by atoms with E-state index in [1.165, 1.54) is 18.9 Å². The van der Waals surface area contributed by atoms with E-state index in [2.05, 4.69) is 24.7 Å².